The van der Waals surface area contributed by atoms with E-state index in [0.29, 0.717) is 5.41 Å². The Hall–Kier alpha value is -1.70. The van der Waals surface area contributed by atoms with Crippen LogP contribution in [-0.2, 0) is 5.41 Å². The normalized spacial score (nSPS) is 28.4. The van der Waals surface area contributed by atoms with E-state index in [0.717, 1.165) is 11.4 Å². The van der Waals surface area contributed by atoms with Gasteiger partial charge in [-0.25, -0.2) is 9.97 Å². The van der Waals surface area contributed by atoms with Crippen molar-refractivity contribution in [2.75, 3.05) is 0 Å². The third kappa shape index (κ3) is 1.86. The lowest BCUT2D eigenvalue weighted by molar-refractivity contribution is 0.461. The number of aromatic nitrogens is 2. The molecule has 1 saturated carbocycles. The highest BCUT2D eigenvalue weighted by Gasteiger charge is 2.60. The molecule has 0 N–H and O–H groups in total. The molecule has 1 heterocycles. The monoisotopic (exact) mass is 266 g/mol. The number of benzene rings is 1. The average Bonchev–Trinajstić information content (AvgIpc) is 3.03. The van der Waals surface area contributed by atoms with Crippen molar-refractivity contribution in [2.24, 2.45) is 5.41 Å². The lowest BCUT2D eigenvalue weighted by Gasteiger charge is -2.21. The van der Waals surface area contributed by atoms with Crippen LogP contribution < -0.4 is 0 Å². The van der Waals surface area contributed by atoms with Crippen LogP contribution in [0.1, 0.15) is 44.9 Å². The van der Waals surface area contributed by atoms with Gasteiger partial charge < -0.3 is 0 Å². The van der Waals surface area contributed by atoms with Crippen molar-refractivity contribution in [3.63, 3.8) is 0 Å². The highest BCUT2D eigenvalue weighted by atomic mass is 14.8. The average molecular weight is 266 g/mol. The molecule has 3 rings (SSSR count). The summed E-state index contributed by atoms with van der Waals surface area (Å²) in [5.74, 6) is 0. The van der Waals surface area contributed by atoms with Gasteiger partial charge in [0, 0.05) is 11.3 Å². The summed E-state index contributed by atoms with van der Waals surface area (Å²) in [5, 5.41) is 0. The first-order valence-electron chi connectivity index (χ1n) is 7.39. The summed E-state index contributed by atoms with van der Waals surface area (Å²) in [7, 11) is 0. The van der Waals surface area contributed by atoms with E-state index in [4.69, 9.17) is 0 Å². The maximum absolute atomic E-state index is 4.47. The van der Waals surface area contributed by atoms with E-state index in [1.165, 1.54) is 24.0 Å². The minimum Gasteiger partial charge on any atom is -0.242 e. The highest BCUT2D eigenvalue weighted by Crippen LogP contribution is 2.67. The van der Waals surface area contributed by atoms with Gasteiger partial charge in [-0.05, 0) is 42.2 Å². The molecule has 1 aromatic heterocycles. The maximum atomic E-state index is 4.47. The molecule has 1 aromatic carbocycles. The Balaban J connectivity index is 2.11. The number of hydrogen-bond acceptors (Lipinski definition) is 2. The van der Waals surface area contributed by atoms with Crippen LogP contribution in [0.15, 0.2) is 36.7 Å². The maximum Gasteiger partial charge on any atom is 0.116 e. The zero-order valence-corrected chi connectivity index (χ0v) is 12.8. The van der Waals surface area contributed by atoms with Gasteiger partial charge in [-0.15, -0.1) is 0 Å². The smallest absolute Gasteiger partial charge is 0.116 e. The van der Waals surface area contributed by atoms with Gasteiger partial charge in [0.25, 0.3) is 0 Å². The van der Waals surface area contributed by atoms with E-state index in [1.54, 1.807) is 6.33 Å². The Morgan fingerprint density at radius 1 is 1.15 bits per heavy atom. The van der Waals surface area contributed by atoms with Crippen molar-refractivity contribution in [3.05, 3.63) is 47.9 Å². The van der Waals surface area contributed by atoms with Crippen LogP contribution in [0, 0.1) is 12.3 Å². The molecule has 104 valence electrons. The van der Waals surface area contributed by atoms with Crippen molar-refractivity contribution in [1.82, 2.24) is 9.97 Å². The van der Waals surface area contributed by atoms with Gasteiger partial charge in [0.2, 0.25) is 0 Å². The summed E-state index contributed by atoms with van der Waals surface area (Å²) in [5.41, 5.74) is 5.45. The molecular weight excluding hydrogens is 244 g/mol. The number of nitrogens with zero attached hydrogens (tertiary/aromatic N) is 2. The van der Waals surface area contributed by atoms with Crippen LogP contribution in [0.5, 0.6) is 0 Å². The van der Waals surface area contributed by atoms with Crippen molar-refractivity contribution in [3.8, 4) is 11.3 Å². The molecule has 0 amide bonds. The molecule has 0 saturated heterocycles. The minimum atomic E-state index is 0.275. The number of rotatable bonds is 3. The van der Waals surface area contributed by atoms with E-state index >= 15 is 0 Å². The van der Waals surface area contributed by atoms with Gasteiger partial charge in [-0.3, -0.25) is 0 Å². The molecular formula is C18H22N2. The SMILES string of the molecule is CC[C@]1(C)CC1(C)c1ccccc1-c1cc(C)ncn1. The van der Waals surface area contributed by atoms with Crippen molar-refractivity contribution >= 4 is 0 Å². The van der Waals surface area contributed by atoms with E-state index in [2.05, 4.69) is 61.1 Å². The second kappa shape index (κ2) is 4.41. The summed E-state index contributed by atoms with van der Waals surface area (Å²) in [4.78, 5) is 8.68. The molecule has 1 unspecified atom stereocenters. The Kier molecular flexibility index (Phi) is 2.93. The fourth-order valence-electron chi connectivity index (χ4n) is 3.46. The molecule has 1 aliphatic rings. The molecule has 0 bridgehead atoms. The van der Waals surface area contributed by atoms with Crippen molar-refractivity contribution in [2.45, 2.75) is 46.0 Å². The van der Waals surface area contributed by atoms with Crippen molar-refractivity contribution in [1.29, 1.82) is 0 Å². The first kappa shape index (κ1) is 13.3. The second-order valence-corrected chi connectivity index (χ2v) is 6.51. The van der Waals surface area contributed by atoms with Gasteiger partial charge in [-0.1, -0.05) is 45.0 Å². The fourth-order valence-corrected chi connectivity index (χ4v) is 3.46. The first-order valence-corrected chi connectivity index (χ1v) is 7.39. The predicted octanol–water partition coefficient (Wildman–Crippen LogP) is 4.53. The number of hydrogen-bond donors (Lipinski definition) is 0. The Bertz CT molecular complexity index is 649. The van der Waals surface area contributed by atoms with Crippen LogP contribution >= 0.6 is 0 Å². The molecule has 0 spiro atoms. The zero-order valence-electron chi connectivity index (χ0n) is 12.8. The van der Waals surface area contributed by atoms with Gasteiger partial charge >= 0.3 is 0 Å². The van der Waals surface area contributed by atoms with E-state index < -0.39 is 0 Å². The quantitative estimate of drug-likeness (QED) is 0.815. The Morgan fingerprint density at radius 2 is 1.90 bits per heavy atom. The molecule has 2 heteroatoms. The van der Waals surface area contributed by atoms with Crippen LogP contribution in [0.4, 0.5) is 0 Å². The summed E-state index contributed by atoms with van der Waals surface area (Å²) in [6, 6.07) is 10.8. The minimum absolute atomic E-state index is 0.275. The van der Waals surface area contributed by atoms with Gasteiger partial charge in [-0.2, -0.15) is 0 Å². The molecule has 0 aliphatic heterocycles. The van der Waals surface area contributed by atoms with Crippen LogP contribution in [0.2, 0.25) is 0 Å². The molecule has 2 aromatic rings. The van der Waals surface area contributed by atoms with E-state index in [9.17, 15) is 0 Å². The molecule has 1 aliphatic carbocycles. The van der Waals surface area contributed by atoms with E-state index in [-0.39, 0.29) is 5.41 Å². The Morgan fingerprint density at radius 3 is 2.55 bits per heavy atom. The molecule has 20 heavy (non-hydrogen) atoms. The predicted molar refractivity (Wildman–Crippen MR) is 82.6 cm³/mol. The van der Waals surface area contributed by atoms with Crippen LogP contribution in [0.3, 0.4) is 0 Å². The lowest BCUT2D eigenvalue weighted by Crippen LogP contribution is -2.13. The molecule has 0 radical (unpaired) electrons. The molecule has 2 nitrogen and oxygen atoms in total. The summed E-state index contributed by atoms with van der Waals surface area (Å²) in [6.07, 6.45) is 4.15. The van der Waals surface area contributed by atoms with Crippen molar-refractivity contribution < 1.29 is 0 Å². The zero-order chi connectivity index (χ0) is 14.4. The molecule has 2 atom stereocenters. The largest absolute Gasteiger partial charge is 0.242 e. The number of aryl methyl sites for hydroxylation is 1. The third-order valence-corrected chi connectivity index (χ3v) is 5.33. The highest BCUT2D eigenvalue weighted by molar-refractivity contribution is 5.67. The summed E-state index contributed by atoms with van der Waals surface area (Å²) >= 11 is 0. The third-order valence-electron chi connectivity index (χ3n) is 5.33. The second-order valence-electron chi connectivity index (χ2n) is 6.51. The topological polar surface area (TPSA) is 25.8 Å². The van der Waals surface area contributed by atoms with Gasteiger partial charge in [0.05, 0.1) is 5.69 Å². The standard InChI is InChI=1S/C18H22N2/c1-5-17(3)11-18(17,4)15-9-7-6-8-14(15)16-10-13(2)19-12-20-16/h6-10,12H,5,11H2,1-4H3/t17-,18?/m1/s1. The lowest BCUT2D eigenvalue weighted by atomic mass is 9.84. The summed E-state index contributed by atoms with van der Waals surface area (Å²) < 4.78 is 0. The van der Waals surface area contributed by atoms with Crippen LogP contribution in [0.25, 0.3) is 11.3 Å². The fraction of sp³-hybridized carbons (Fsp3) is 0.444. The van der Waals surface area contributed by atoms with E-state index in [1.807, 2.05) is 6.92 Å². The molecule has 1 fully saturated rings. The summed E-state index contributed by atoms with van der Waals surface area (Å²) in [6.45, 7) is 9.10. The first-order chi connectivity index (χ1) is 9.50. The van der Waals surface area contributed by atoms with Gasteiger partial charge in [0.1, 0.15) is 6.33 Å². The van der Waals surface area contributed by atoms with Gasteiger partial charge in [0.15, 0.2) is 0 Å². The van der Waals surface area contributed by atoms with Crippen LogP contribution in [-0.4, -0.2) is 9.97 Å². The Labute approximate surface area is 121 Å².